The van der Waals surface area contributed by atoms with Gasteiger partial charge in [-0.3, -0.25) is 15.1 Å². The number of benzene rings is 1. The van der Waals surface area contributed by atoms with Crippen LogP contribution in [0, 0.1) is 13.8 Å². The van der Waals surface area contributed by atoms with Gasteiger partial charge >= 0.3 is 0 Å². The molecule has 0 radical (unpaired) electrons. The Bertz CT molecular complexity index is 781. The molecule has 1 N–H and O–H groups in total. The molecule has 0 aliphatic heterocycles. The molecule has 3 rings (SSSR count). The standard InChI is InChI=1S/C15H13N3OS.C2H6/c1-9-10(2)16-8-12-13(9)20-15(17-12)18-14(19)11-6-4-3-5-7-11;1-2/h3-8H,1-2H3,(H,17,18,19);1-2H3. The number of nitrogens with one attached hydrogen (secondary N) is 1. The van der Waals surface area contributed by atoms with Crippen molar-refractivity contribution in [3.8, 4) is 0 Å². The fourth-order valence-electron chi connectivity index (χ4n) is 1.92. The first-order valence-electron chi connectivity index (χ1n) is 7.24. The van der Waals surface area contributed by atoms with Crippen molar-refractivity contribution in [3.05, 3.63) is 53.3 Å². The van der Waals surface area contributed by atoms with Crippen molar-refractivity contribution in [1.29, 1.82) is 0 Å². The predicted molar refractivity (Wildman–Crippen MR) is 92.6 cm³/mol. The highest BCUT2D eigenvalue weighted by Gasteiger charge is 2.11. The summed E-state index contributed by atoms with van der Waals surface area (Å²) in [6.07, 6.45) is 1.74. The lowest BCUT2D eigenvalue weighted by Crippen LogP contribution is -2.11. The van der Waals surface area contributed by atoms with E-state index in [1.54, 1.807) is 18.3 Å². The summed E-state index contributed by atoms with van der Waals surface area (Å²) in [5.41, 5.74) is 3.54. The van der Waals surface area contributed by atoms with Crippen molar-refractivity contribution in [2.24, 2.45) is 0 Å². The Kier molecular flexibility index (Phi) is 5.22. The topological polar surface area (TPSA) is 54.9 Å². The molecule has 3 aromatic rings. The second kappa shape index (κ2) is 7.13. The van der Waals surface area contributed by atoms with Gasteiger partial charge in [0.25, 0.3) is 5.91 Å². The zero-order chi connectivity index (χ0) is 16.1. The van der Waals surface area contributed by atoms with Crippen LogP contribution in [0.5, 0.6) is 0 Å². The third kappa shape index (κ3) is 3.31. The maximum atomic E-state index is 12.1. The van der Waals surface area contributed by atoms with Crippen molar-refractivity contribution >= 4 is 32.6 Å². The molecule has 0 bridgehead atoms. The lowest BCUT2D eigenvalue weighted by molar-refractivity contribution is 0.102. The van der Waals surface area contributed by atoms with Crippen LogP contribution in [0.1, 0.15) is 35.5 Å². The summed E-state index contributed by atoms with van der Waals surface area (Å²) >= 11 is 1.48. The molecular weight excluding hydrogens is 294 g/mol. The first-order valence-corrected chi connectivity index (χ1v) is 8.06. The molecule has 2 aromatic heterocycles. The molecule has 0 aliphatic rings. The summed E-state index contributed by atoms with van der Waals surface area (Å²) in [6.45, 7) is 7.99. The number of pyridine rings is 1. The van der Waals surface area contributed by atoms with Gasteiger partial charge in [0.1, 0.15) is 5.52 Å². The molecule has 1 aromatic carbocycles. The fourth-order valence-corrected chi connectivity index (χ4v) is 2.90. The van der Waals surface area contributed by atoms with Crippen LogP contribution in [0.25, 0.3) is 10.2 Å². The first kappa shape index (κ1) is 16.1. The smallest absolute Gasteiger partial charge is 0.257 e. The molecule has 0 saturated heterocycles. The van der Waals surface area contributed by atoms with Gasteiger partial charge in [0, 0.05) is 11.3 Å². The van der Waals surface area contributed by atoms with Gasteiger partial charge in [-0.15, -0.1) is 0 Å². The maximum Gasteiger partial charge on any atom is 0.257 e. The number of hydrogen-bond donors (Lipinski definition) is 1. The summed E-state index contributed by atoms with van der Waals surface area (Å²) in [4.78, 5) is 20.8. The van der Waals surface area contributed by atoms with Gasteiger partial charge in [-0.25, -0.2) is 4.98 Å². The molecule has 0 spiro atoms. The Morgan fingerprint density at radius 2 is 1.82 bits per heavy atom. The highest BCUT2D eigenvalue weighted by molar-refractivity contribution is 7.22. The summed E-state index contributed by atoms with van der Waals surface area (Å²) < 4.78 is 1.07. The number of nitrogens with zero attached hydrogens (tertiary/aromatic N) is 2. The van der Waals surface area contributed by atoms with Crippen LogP contribution < -0.4 is 5.32 Å². The van der Waals surface area contributed by atoms with Gasteiger partial charge in [-0.2, -0.15) is 0 Å². The minimum atomic E-state index is -0.146. The number of carbonyl (C=O) groups is 1. The van der Waals surface area contributed by atoms with Gasteiger partial charge in [0.2, 0.25) is 0 Å². The molecule has 2 heterocycles. The Labute approximate surface area is 134 Å². The molecular formula is C17H19N3OS. The van der Waals surface area contributed by atoms with E-state index in [1.165, 1.54) is 11.3 Å². The molecule has 0 fully saturated rings. The van der Waals surface area contributed by atoms with Crippen LogP contribution in [-0.2, 0) is 0 Å². The summed E-state index contributed by atoms with van der Waals surface area (Å²) in [5, 5.41) is 3.44. The summed E-state index contributed by atoms with van der Waals surface area (Å²) in [6, 6.07) is 9.11. The molecule has 1 amide bonds. The van der Waals surface area contributed by atoms with Crippen molar-refractivity contribution < 1.29 is 4.79 Å². The maximum absolute atomic E-state index is 12.1. The number of amides is 1. The molecule has 0 saturated carbocycles. The lowest BCUT2D eigenvalue weighted by Gasteiger charge is -2.00. The lowest BCUT2D eigenvalue weighted by atomic mass is 10.2. The van der Waals surface area contributed by atoms with Gasteiger partial charge < -0.3 is 0 Å². The Morgan fingerprint density at radius 3 is 2.50 bits per heavy atom. The van der Waals surface area contributed by atoms with Crippen molar-refractivity contribution in [2.45, 2.75) is 27.7 Å². The largest absolute Gasteiger partial charge is 0.298 e. The number of aromatic nitrogens is 2. The van der Waals surface area contributed by atoms with Gasteiger partial charge in [0.05, 0.1) is 10.9 Å². The number of aryl methyl sites for hydroxylation is 2. The molecule has 5 heteroatoms. The third-order valence-electron chi connectivity index (χ3n) is 3.17. The summed E-state index contributed by atoms with van der Waals surface area (Å²) in [7, 11) is 0. The number of anilines is 1. The number of thiazole rings is 1. The van der Waals surface area contributed by atoms with Crippen LogP contribution in [0.15, 0.2) is 36.5 Å². The normalized spacial score (nSPS) is 10.0. The second-order valence-corrected chi connectivity index (χ2v) is 5.52. The van der Waals surface area contributed by atoms with E-state index in [1.807, 2.05) is 45.9 Å². The number of hydrogen-bond acceptors (Lipinski definition) is 4. The van der Waals surface area contributed by atoms with E-state index in [2.05, 4.69) is 15.3 Å². The zero-order valence-electron chi connectivity index (χ0n) is 13.2. The number of fused-ring (bicyclic) bond motifs is 1. The second-order valence-electron chi connectivity index (χ2n) is 4.52. The van der Waals surface area contributed by atoms with Gasteiger partial charge in [-0.05, 0) is 31.5 Å². The van der Waals surface area contributed by atoms with E-state index in [9.17, 15) is 4.79 Å². The van der Waals surface area contributed by atoms with Crippen molar-refractivity contribution in [3.63, 3.8) is 0 Å². The van der Waals surface area contributed by atoms with Crippen molar-refractivity contribution in [1.82, 2.24) is 9.97 Å². The quantitative estimate of drug-likeness (QED) is 0.753. The number of carbonyl (C=O) groups excluding carboxylic acids is 1. The van der Waals surface area contributed by atoms with E-state index in [-0.39, 0.29) is 5.91 Å². The van der Waals surface area contributed by atoms with E-state index in [4.69, 9.17) is 0 Å². The Morgan fingerprint density at radius 1 is 1.14 bits per heavy atom. The van der Waals surface area contributed by atoms with Crippen LogP contribution in [0.3, 0.4) is 0 Å². The van der Waals surface area contributed by atoms with E-state index in [0.29, 0.717) is 10.7 Å². The van der Waals surface area contributed by atoms with Crippen LogP contribution >= 0.6 is 11.3 Å². The molecule has 4 nitrogen and oxygen atoms in total. The van der Waals surface area contributed by atoms with E-state index >= 15 is 0 Å². The Hall–Kier alpha value is -2.27. The first-order chi connectivity index (χ1) is 10.6. The van der Waals surface area contributed by atoms with Crippen LogP contribution in [0.4, 0.5) is 5.13 Å². The predicted octanol–water partition coefficient (Wildman–Crippen LogP) is 4.59. The average Bonchev–Trinajstić information content (AvgIpc) is 2.97. The van der Waals surface area contributed by atoms with Crippen LogP contribution in [-0.4, -0.2) is 15.9 Å². The van der Waals surface area contributed by atoms with E-state index in [0.717, 1.165) is 21.5 Å². The average molecular weight is 313 g/mol. The SMILES string of the molecule is CC.Cc1ncc2nc(NC(=O)c3ccccc3)sc2c1C. The van der Waals surface area contributed by atoms with E-state index < -0.39 is 0 Å². The third-order valence-corrected chi connectivity index (χ3v) is 4.28. The molecule has 114 valence electrons. The van der Waals surface area contributed by atoms with Crippen molar-refractivity contribution in [2.75, 3.05) is 5.32 Å². The fraction of sp³-hybridized carbons (Fsp3) is 0.235. The monoisotopic (exact) mass is 313 g/mol. The highest BCUT2D eigenvalue weighted by atomic mass is 32.1. The molecule has 0 aliphatic carbocycles. The van der Waals surface area contributed by atoms with Gasteiger partial charge in [-0.1, -0.05) is 43.4 Å². The summed E-state index contributed by atoms with van der Waals surface area (Å²) in [5.74, 6) is -0.146. The minimum absolute atomic E-state index is 0.146. The number of rotatable bonds is 2. The molecule has 0 unspecified atom stereocenters. The molecule has 22 heavy (non-hydrogen) atoms. The highest BCUT2D eigenvalue weighted by Crippen LogP contribution is 2.29. The molecule has 0 atom stereocenters. The van der Waals surface area contributed by atoms with Gasteiger partial charge in [0.15, 0.2) is 5.13 Å². The Balaban J connectivity index is 0.000000847. The van der Waals surface area contributed by atoms with Crippen LogP contribution in [0.2, 0.25) is 0 Å². The zero-order valence-corrected chi connectivity index (χ0v) is 14.0. The minimum Gasteiger partial charge on any atom is -0.298 e.